The summed E-state index contributed by atoms with van der Waals surface area (Å²) in [6.45, 7) is 7.41. The van der Waals surface area contributed by atoms with Crippen LogP contribution in [0.3, 0.4) is 0 Å². The van der Waals surface area contributed by atoms with Gasteiger partial charge >= 0.3 is 5.97 Å². The summed E-state index contributed by atoms with van der Waals surface area (Å²) in [5.41, 5.74) is -2.07. The lowest BCUT2D eigenvalue weighted by Gasteiger charge is -2.60. The molecule has 2 aromatic rings. The number of aliphatic hydroxyl groups is 2. The fourth-order valence-corrected chi connectivity index (χ4v) is 11.4. The van der Waals surface area contributed by atoms with Gasteiger partial charge in [0.15, 0.2) is 23.1 Å². The van der Waals surface area contributed by atoms with Crippen LogP contribution in [0.15, 0.2) is 28.7 Å². The fourth-order valence-electron chi connectivity index (χ4n) is 11.4. The Kier molecular flexibility index (Phi) is 8.93. The summed E-state index contributed by atoms with van der Waals surface area (Å²) in [7, 11) is 1.45. The minimum atomic E-state index is -1.76. The normalized spacial score (nSPS) is 35.3. The first-order chi connectivity index (χ1) is 25.2. The van der Waals surface area contributed by atoms with Crippen LogP contribution in [0.2, 0.25) is 0 Å². The molecule has 0 spiro atoms. The van der Waals surface area contributed by atoms with Crippen molar-refractivity contribution in [2.24, 2.45) is 28.6 Å². The van der Waals surface area contributed by atoms with Gasteiger partial charge in [0.05, 0.1) is 30.5 Å². The number of Topliss-reactive ketones (excluding diaryl/α,β-unsaturated/α-hetero) is 1. The maximum atomic E-state index is 15.9. The van der Waals surface area contributed by atoms with Crippen molar-refractivity contribution >= 4 is 34.1 Å². The lowest BCUT2D eigenvalue weighted by atomic mass is 9.45. The predicted octanol–water partition coefficient (Wildman–Crippen LogP) is 4.45. The molecule has 53 heavy (non-hydrogen) atoms. The van der Waals surface area contributed by atoms with Crippen molar-refractivity contribution in [3.63, 3.8) is 0 Å². The number of hydrogen-bond acceptors (Lipinski definition) is 10. The monoisotopic (exact) mass is 732 g/mol. The number of rotatable bonds is 8. The molecule has 5 aliphatic carbocycles. The molecule has 1 aromatic heterocycles. The molecule has 12 heteroatoms. The van der Waals surface area contributed by atoms with Gasteiger partial charge in [0.2, 0.25) is 5.43 Å². The summed E-state index contributed by atoms with van der Waals surface area (Å²) in [6, 6.07) is 1.31. The molecule has 1 aliphatic heterocycles. The van der Waals surface area contributed by atoms with Crippen LogP contribution in [0.25, 0.3) is 10.9 Å². The summed E-state index contributed by atoms with van der Waals surface area (Å²) < 4.78 is 29.0. The highest BCUT2D eigenvalue weighted by Crippen LogP contribution is 2.67. The number of benzene rings is 1. The van der Waals surface area contributed by atoms with Crippen LogP contribution in [0.4, 0.5) is 10.1 Å². The van der Waals surface area contributed by atoms with Gasteiger partial charge in [-0.25, -0.2) is 9.18 Å². The van der Waals surface area contributed by atoms with Gasteiger partial charge in [0.1, 0.15) is 23.5 Å². The lowest BCUT2D eigenvalue weighted by Crippen LogP contribution is -2.61. The molecule has 1 saturated heterocycles. The number of carbonyl (C=O) groups is 3. The van der Waals surface area contributed by atoms with E-state index in [0.717, 1.165) is 31.3 Å². The number of piperazine rings is 1. The van der Waals surface area contributed by atoms with Gasteiger partial charge in [-0.2, -0.15) is 0 Å². The van der Waals surface area contributed by atoms with Crippen LogP contribution in [0.1, 0.15) is 95.0 Å². The molecular formula is C41H51FN3O8. The summed E-state index contributed by atoms with van der Waals surface area (Å²) in [6.07, 6.45) is 9.12. The fraction of sp³-hybridized carbons (Fsp3) is 0.634. The molecule has 11 nitrogen and oxygen atoms in total. The van der Waals surface area contributed by atoms with Crippen molar-refractivity contribution < 1.29 is 38.5 Å². The summed E-state index contributed by atoms with van der Waals surface area (Å²) in [4.78, 5) is 55.4. The minimum absolute atomic E-state index is 0.00217. The van der Waals surface area contributed by atoms with Gasteiger partial charge < -0.3 is 34.5 Å². The van der Waals surface area contributed by atoms with E-state index in [-0.39, 0.29) is 76.3 Å². The molecular weight excluding hydrogens is 681 g/mol. The Morgan fingerprint density at radius 1 is 1.13 bits per heavy atom. The number of aliphatic hydroxyl groups excluding tert-OH is 1. The minimum Gasteiger partial charge on any atom is -0.492 e. The maximum absolute atomic E-state index is 15.9. The number of methoxy groups -OCH3 is 1. The van der Waals surface area contributed by atoms with E-state index >= 15 is 4.39 Å². The van der Waals surface area contributed by atoms with Crippen LogP contribution in [0, 0.1) is 40.8 Å². The molecule has 5 fully saturated rings. The van der Waals surface area contributed by atoms with Crippen molar-refractivity contribution in [1.82, 2.24) is 9.88 Å². The number of anilines is 1. The molecule has 6 aliphatic rings. The van der Waals surface area contributed by atoms with E-state index in [2.05, 4.69) is 12.2 Å². The highest BCUT2D eigenvalue weighted by molar-refractivity contribution is 5.99. The van der Waals surface area contributed by atoms with E-state index in [1.165, 1.54) is 25.8 Å². The lowest BCUT2D eigenvalue weighted by molar-refractivity contribution is -0.178. The van der Waals surface area contributed by atoms with Gasteiger partial charge in [-0.3, -0.25) is 14.4 Å². The Morgan fingerprint density at radius 2 is 1.91 bits per heavy atom. The van der Waals surface area contributed by atoms with Gasteiger partial charge in [0.25, 0.3) is 0 Å². The van der Waals surface area contributed by atoms with E-state index in [1.54, 1.807) is 6.08 Å². The number of aromatic nitrogens is 1. The smallest absolute Gasteiger partial charge is 0.343 e. The number of hydrogen-bond donors (Lipinski definition) is 3. The number of fused-ring (bicyclic) bond motifs is 6. The second-order valence-electron chi connectivity index (χ2n) is 17.1. The number of allylic oxidation sites excluding steroid dienone is 1. The van der Waals surface area contributed by atoms with Crippen LogP contribution < -0.4 is 20.4 Å². The van der Waals surface area contributed by atoms with Crippen molar-refractivity contribution in [1.29, 1.82) is 0 Å². The number of pyridine rings is 1. The van der Waals surface area contributed by atoms with E-state index < -0.39 is 46.7 Å². The van der Waals surface area contributed by atoms with Crippen LogP contribution in [0.5, 0.6) is 5.75 Å². The number of nitrogens with one attached hydrogen (secondary N) is 1. The number of ketones is 2. The molecule has 1 radical (unpaired) electrons. The highest BCUT2D eigenvalue weighted by Gasteiger charge is 2.68. The maximum Gasteiger partial charge on any atom is 0.343 e. The molecule has 2 heterocycles. The molecule has 1 aromatic carbocycles. The van der Waals surface area contributed by atoms with Gasteiger partial charge in [-0.05, 0) is 93.6 Å². The summed E-state index contributed by atoms with van der Waals surface area (Å²) in [5, 5.41) is 27.2. The van der Waals surface area contributed by atoms with Crippen LogP contribution in [-0.4, -0.2) is 83.4 Å². The quantitative estimate of drug-likeness (QED) is 0.333. The van der Waals surface area contributed by atoms with Gasteiger partial charge in [0, 0.05) is 49.8 Å². The molecule has 3 N–H and O–H groups in total. The second kappa shape index (κ2) is 13.0. The van der Waals surface area contributed by atoms with E-state index in [9.17, 15) is 29.4 Å². The third-order valence-electron chi connectivity index (χ3n) is 14.2. The Balaban J connectivity index is 1.01. The van der Waals surface area contributed by atoms with E-state index in [4.69, 9.17) is 9.47 Å². The first-order valence-corrected chi connectivity index (χ1v) is 19.3. The van der Waals surface area contributed by atoms with Crippen LogP contribution >= 0.6 is 0 Å². The molecule has 0 amide bonds. The third kappa shape index (κ3) is 5.60. The second-order valence-corrected chi connectivity index (χ2v) is 17.1. The Morgan fingerprint density at radius 3 is 2.62 bits per heavy atom. The molecule has 4 saturated carbocycles. The van der Waals surface area contributed by atoms with Crippen molar-refractivity contribution in [3.8, 4) is 5.75 Å². The third-order valence-corrected chi connectivity index (χ3v) is 14.2. The van der Waals surface area contributed by atoms with Crippen molar-refractivity contribution in [2.75, 3.05) is 38.3 Å². The zero-order valence-electron chi connectivity index (χ0n) is 31.1. The highest BCUT2D eigenvalue weighted by atomic mass is 19.1. The first kappa shape index (κ1) is 36.4. The predicted molar refractivity (Wildman–Crippen MR) is 195 cm³/mol. The zero-order chi connectivity index (χ0) is 37.6. The SMILES string of the molecule is COc1c(N2CCNC(C)C2)c(F)cc2c(=O)c(C(=O)OC[CH]C(=O)[C@@]3(O)CCC4C5CCC6=CC(=O)CC[C@]6(C)C5[C@@H](O)C[C@@]43C)cn(C3CC3)c12. The Hall–Kier alpha value is -3.61. The summed E-state index contributed by atoms with van der Waals surface area (Å²) in [5.74, 6) is -1.69. The number of ether oxygens (including phenoxy) is 2. The Bertz CT molecular complexity index is 1970. The number of carbonyl (C=O) groups excluding carboxylic acids is 3. The number of halogens is 1. The molecule has 8 rings (SSSR count). The Labute approximate surface area is 308 Å². The van der Waals surface area contributed by atoms with Gasteiger partial charge in [-0.15, -0.1) is 0 Å². The number of nitrogens with zero attached hydrogens (tertiary/aromatic N) is 2. The van der Waals surface area contributed by atoms with E-state index in [1.807, 2.05) is 23.3 Å². The summed E-state index contributed by atoms with van der Waals surface area (Å²) >= 11 is 0. The molecule has 285 valence electrons. The van der Waals surface area contributed by atoms with Crippen molar-refractivity contribution in [3.05, 3.63) is 51.9 Å². The largest absolute Gasteiger partial charge is 0.492 e. The van der Waals surface area contributed by atoms with Gasteiger partial charge in [-0.1, -0.05) is 19.4 Å². The topological polar surface area (TPSA) is 147 Å². The molecule has 8 atom stereocenters. The first-order valence-electron chi connectivity index (χ1n) is 19.3. The zero-order valence-corrected chi connectivity index (χ0v) is 31.1. The van der Waals surface area contributed by atoms with Crippen molar-refractivity contribution in [2.45, 2.75) is 102 Å². The molecule has 0 bridgehead atoms. The van der Waals surface area contributed by atoms with E-state index in [0.29, 0.717) is 44.4 Å². The number of esters is 1. The average Bonchev–Trinajstić information content (AvgIpc) is 3.92. The standard InChI is InChI=1S/C41H51FN3O8/c1-22-20-44(15-14-43-22)35-30(42)18-27-34(37(35)52-4)45(24-6-7-24)21-28(36(27)49)38(50)53-16-11-32(48)41(51)13-10-29-26-8-5-23-17-25(46)9-12-39(23,2)33(26)31(47)19-40(29,41)3/h11,17-18,21-22,24,26,29,31,33,43,47,51H,5-10,12-16,19-20H2,1-4H3/t22?,26?,29?,31-,33?,39-,40-,41-/m0/s1. The van der Waals surface area contributed by atoms with Crippen LogP contribution in [-0.2, 0) is 14.3 Å². The average molecular weight is 733 g/mol. The molecule has 4 unspecified atom stereocenters.